The Bertz CT molecular complexity index is 717. The molecule has 0 aliphatic heterocycles. The molecule has 0 spiro atoms. The molecular formula is C17H16BrNO4. The van der Waals surface area contributed by atoms with E-state index in [2.05, 4.69) is 26.0 Å². The Labute approximate surface area is 142 Å². The molecule has 6 heteroatoms. The van der Waals surface area contributed by atoms with Gasteiger partial charge in [-0.05, 0) is 53.2 Å². The molecule has 0 aromatic heterocycles. The maximum absolute atomic E-state index is 12.2. The molecular weight excluding hydrogens is 362 g/mol. The van der Waals surface area contributed by atoms with Crippen molar-refractivity contribution in [1.82, 2.24) is 0 Å². The quantitative estimate of drug-likeness (QED) is 0.807. The number of halogens is 1. The van der Waals surface area contributed by atoms with Gasteiger partial charge in [0.2, 0.25) is 0 Å². The summed E-state index contributed by atoms with van der Waals surface area (Å²) in [6, 6.07) is 13.8. The Balaban J connectivity index is 2.04. The molecule has 120 valence electrons. The highest BCUT2D eigenvalue weighted by molar-refractivity contribution is 9.10. The lowest BCUT2D eigenvalue weighted by Crippen LogP contribution is -2.30. The number of hydrogen-bond donors (Lipinski definition) is 1. The second-order valence-electron chi connectivity index (χ2n) is 4.75. The first kappa shape index (κ1) is 17.0. The fourth-order valence-corrected chi connectivity index (χ4v) is 2.25. The molecule has 0 aliphatic rings. The Morgan fingerprint density at radius 1 is 1.13 bits per heavy atom. The number of nitrogens with one attached hydrogen (secondary N) is 1. The predicted molar refractivity (Wildman–Crippen MR) is 90.6 cm³/mol. The van der Waals surface area contributed by atoms with Crippen LogP contribution in [0, 0.1) is 0 Å². The third kappa shape index (κ3) is 4.56. The molecule has 23 heavy (non-hydrogen) atoms. The molecule has 1 atom stereocenters. The van der Waals surface area contributed by atoms with Gasteiger partial charge in [0.05, 0.1) is 17.1 Å². The van der Waals surface area contributed by atoms with E-state index in [1.165, 1.54) is 7.11 Å². The van der Waals surface area contributed by atoms with E-state index < -0.39 is 12.1 Å². The molecule has 0 saturated carbocycles. The number of rotatable bonds is 5. The van der Waals surface area contributed by atoms with E-state index in [0.717, 1.165) is 4.47 Å². The lowest BCUT2D eigenvalue weighted by Gasteiger charge is -2.16. The summed E-state index contributed by atoms with van der Waals surface area (Å²) >= 11 is 3.37. The molecule has 0 radical (unpaired) electrons. The molecule has 0 heterocycles. The van der Waals surface area contributed by atoms with Crippen LogP contribution in [0.25, 0.3) is 0 Å². The Hall–Kier alpha value is -2.34. The number of methoxy groups -OCH3 is 1. The summed E-state index contributed by atoms with van der Waals surface area (Å²) in [4.78, 5) is 23.7. The van der Waals surface area contributed by atoms with E-state index in [-0.39, 0.29) is 5.91 Å². The minimum absolute atomic E-state index is 0.317. The van der Waals surface area contributed by atoms with Gasteiger partial charge in [0, 0.05) is 5.69 Å². The summed E-state index contributed by atoms with van der Waals surface area (Å²) in [5, 5.41) is 2.71. The molecule has 5 nitrogen and oxygen atoms in total. The molecule has 2 aromatic rings. The lowest BCUT2D eigenvalue weighted by molar-refractivity contribution is -0.122. The van der Waals surface area contributed by atoms with Gasteiger partial charge in [0.1, 0.15) is 5.75 Å². The zero-order chi connectivity index (χ0) is 16.8. The molecule has 0 saturated heterocycles. The monoisotopic (exact) mass is 377 g/mol. The maximum atomic E-state index is 12.2. The molecule has 1 N–H and O–H groups in total. The third-order valence-corrected chi connectivity index (χ3v) is 3.72. The van der Waals surface area contributed by atoms with Crippen LogP contribution in [-0.2, 0) is 9.53 Å². The fraction of sp³-hybridized carbons (Fsp3) is 0.176. The largest absolute Gasteiger partial charge is 0.480 e. The van der Waals surface area contributed by atoms with Gasteiger partial charge in [-0.25, -0.2) is 4.79 Å². The van der Waals surface area contributed by atoms with Crippen molar-refractivity contribution >= 4 is 33.5 Å². The van der Waals surface area contributed by atoms with Gasteiger partial charge in [0.15, 0.2) is 6.10 Å². The number of carbonyl (C=O) groups excluding carboxylic acids is 2. The van der Waals surface area contributed by atoms with Crippen LogP contribution in [0.5, 0.6) is 5.75 Å². The standard InChI is InChI=1S/C17H16BrNO4/c1-11(23-15-9-4-3-8-14(15)18)16(20)19-13-7-5-6-12(10-13)17(21)22-2/h3-11H,1-2H3,(H,19,20). The van der Waals surface area contributed by atoms with Gasteiger partial charge in [-0.3, -0.25) is 4.79 Å². The van der Waals surface area contributed by atoms with Crippen LogP contribution in [0.3, 0.4) is 0 Å². The zero-order valence-electron chi connectivity index (χ0n) is 12.7. The zero-order valence-corrected chi connectivity index (χ0v) is 14.3. The van der Waals surface area contributed by atoms with E-state index in [1.54, 1.807) is 37.3 Å². The molecule has 2 rings (SSSR count). The summed E-state index contributed by atoms with van der Waals surface area (Å²) in [6.45, 7) is 1.65. The number of benzene rings is 2. The van der Waals surface area contributed by atoms with Crippen LogP contribution in [0.4, 0.5) is 5.69 Å². The van der Waals surface area contributed by atoms with Crippen LogP contribution >= 0.6 is 15.9 Å². The first-order valence-corrected chi connectivity index (χ1v) is 7.71. The van der Waals surface area contributed by atoms with Gasteiger partial charge in [-0.15, -0.1) is 0 Å². The lowest BCUT2D eigenvalue weighted by atomic mass is 10.2. The topological polar surface area (TPSA) is 64.6 Å². The second kappa shape index (κ2) is 7.78. The maximum Gasteiger partial charge on any atom is 0.337 e. The second-order valence-corrected chi connectivity index (χ2v) is 5.61. The first-order valence-electron chi connectivity index (χ1n) is 6.91. The van der Waals surface area contributed by atoms with Crippen molar-refractivity contribution in [3.63, 3.8) is 0 Å². The van der Waals surface area contributed by atoms with E-state index in [9.17, 15) is 9.59 Å². The summed E-state index contributed by atoms with van der Waals surface area (Å²) in [5.74, 6) is -0.195. The van der Waals surface area contributed by atoms with Gasteiger partial charge in [-0.1, -0.05) is 18.2 Å². The fourth-order valence-electron chi connectivity index (χ4n) is 1.87. The SMILES string of the molecule is COC(=O)c1cccc(NC(=O)C(C)Oc2ccccc2Br)c1. The van der Waals surface area contributed by atoms with Gasteiger partial charge >= 0.3 is 5.97 Å². The van der Waals surface area contributed by atoms with Crippen molar-refractivity contribution in [3.8, 4) is 5.75 Å². The molecule has 0 fully saturated rings. The van der Waals surface area contributed by atoms with Crippen molar-refractivity contribution < 1.29 is 19.1 Å². The molecule has 1 unspecified atom stereocenters. The van der Waals surface area contributed by atoms with Crippen molar-refractivity contribution in [2.24, 2.45) is 0 Å². The smallest absolute Gasteiger partial charge is 0.337 e. The van der Waals surface area contributed by atoms with Gasteiger partial charge in [-0.2, -0.15) is 0 Å². The van der Waals surface area contributed by atoms with E-state index in [4.69, 9.17) is 4.74 Å². The van der Waals surface area contributed by atoms with Crippen molar-refractivity contribution in [1.29, 1.82) is 0 Å². The number of amides is 1. The third-order valence-electron chi connectivity index (χ3n) is 3.06. The van der Waals surface area contributed by atoms with Crippen LogP contribution in [0.1, 0.15) is 17.3 Å². The number of para-hydroxylation sites is 1. The van der Waals surface area contributed by atoms with E-state index >= 15 is 0 Å². The Morgan fingerprint density at radius 3 is 2.57 bits per heavy atom. The summed E-state index contributed by atoms with van der Waals surface area (Å²) < 4.78 is 11.1. The van der Waals surface area contributed by atoms with E-state index in [0.29, 0.717) is 17.0 Å². The van der Waals surface area contributed by atoms with Crippen molar-refractivity contribution in [2.75, 3.05) is 12.4 Å². The van der Waals surface area contributed by atoms with Gasteiger partial charge < -0.3 is 14.8 Å². The molecule has 0 aliphatic carbocycles. The van der Waals surface area contributed by atoms with Crippen molar-refractivity contribution in [2.45, 2.75) is 13.0 Å². The Morgan fingerprint density at radius 2 is 1.87 bits per heavy atom. The highest BCUT2D eigenvalue weighted by atomic mass is 79.9. The highest BCUT2D eigenvalue weighted by Crippen LogP contribution is 2.25. The molecule has 2 aromatic carbocycles. The summed E-state index contributed by atoms with van der Waals surface area (Å²) in [5.41, 5.74) is 0.866. The molecule has 0 bridgehead atoms. The average molecular weight is 378 g/mol. The van der Waals surface area contributed by atoms with Crippen LogP contribution in [0.15, 0.2) is 53.0 Å². The highest BCUT2D eigenvalue weighted by Gasteiger charge is 2.16. The number of anilines is 1. The Kier molecular flexibility index (Phi) is 5.76. The predicted octanol–water partition coefficient (Wildman–Crippen LogP) is 3.64. The number of ether oxygens (including phenoxy) is 2. The van der Waals surface area contributed by atoms with Gasteiger partial charge in [0.25, 0.3) is 5.91 Å². The molecule has 1 amide bonds. The minimum atomic E-state index is -0.699. The average Bonchev–Trinajstić information content (AvgIpc) is 2.56. The first-order chi connectivity index (χ1) is 11.0. The number of carbonyl (C=O) groups is 2. The van der Waals surface area contributed by atoms with Crippen molar-refractivity contribution in [3.05, 3.63) is 58.6 Å². The normalized spacial score (nSPS) is 11.4. The van der Waals surface area contributed by atoms with Crippen LogP contribution < -0.4 is 10.1 Å². The van der Waals surface area contributed by atoms with Crippen LogP contribution in [-0.4, -0.2) is 25.1 Å². The van der Waals surface area contributed by atoms with Crippen LogP contribution in [0.2, 0.25) is 0 Å². The number of esters is 1. The van der Waals surface area contributed by atoms with E-state index in [1.807, 2.05) is 18.2 Å². The minimum Gasteiger partial charge on any atom is -0.480 e. The summed E-state index contributed by atoms with van der Waals surface area (Å²) in [7, 11) is 1.31. The summed E-state index contributed by atoms with van der Waals surface area (Å²) in [6.07, 6.45) is -0.699. The number of hydrogen-bond acceptors (Lipinski definition) is 4.